The third-order valence-corrected chi connectivity index (χ3v) is 8.51. The molecule has 1 saturated heterocycles. The zero-order valence-corrected chi connectivity index (χ0v) is 28.6. The molecule has 5 rings (SSSR count). The van der Waals surface area contributed by atoms with Crippen LogP contribution in [-0.2, 0) is 49.3 Å². The molecule has 3 aliphatic rings. The highest BCUT2D eigenvalue weighted by atomic mass is 16.7. The SMILES string of the molecule is CC(=O)OC1C(C2COC(C)(C)O2)[C@]2(NC(=O)OC(C)(C)C)C=COC(C2OCOCc2ccccc2)[C@]1(O)COC(=O)c1ccccc1. The molecule has 13 heteroatoms. The molecule has 0 spiro atoms. The number of amides is 1. The van der Waals surface area contributed by atoms with E-state index in [0.29, 0.717) is 0 Å². The molecule has 2 fully saturated rings. The van der Waals surface area contributed by atoms with Gasteiger partial charge in [-0.25, -0.2) is 9.59 Å². The Bertz CT molecular complexity index is 1490. The summed E-state index contributed by atoms with van der Waals surface area (Å²) in [7, 11) is 0. The van der Waals surface area contributed by atoms with E-state index >= 15 is 0 Å². The molecule has 2 aromatic rings. The lowest BCUT2D eigenvalue weighted by atomic mass is 9.59. The monoisotopic (exact) mass is 683 g/mol. The van der Waals surface area contributed by atoms with Gasteiger partial charge in [-0.15, -0.1) is 0 Å². The summed E-state index contributed by atoms with van der Waals surface area (Å²) in [5.41, 5.74) is -3.60. The first-order valence-corrected chi connectivity index (χ1v) is 16.1. The third kappa shape index (κ3) is 8.25. The lowest BCUT2D eigenvalue weighted by Gasteiger charge is -2.60. The Balaban J connectivity index is 1.58. The standard InChI is InChI=1S/C36H45NO12/c1-23(38)47-28-27(26-20-46-34(5,6)48-26)35(37-32(40)49-33(2,3)4)17-18-43-30(29(35)45-22-42-19-24-13-9-7-10-14-24)36(28,41)21-44-31(39)25-15-11-8-12-16-25/h7-18,26-30,41H,19-22H2,1-6H3,(H,37,40)/t26?,27?,28?,29?,30?,35-,36+/m1/s1. The number of carbonyl (C=O) groups is 3. The van der Waals surface area contributed by atoms with Crippen molar-refractivity contribution in [2.75, 3.05) is 20.0 Å². The van der Waals surface area contributed by atoms with Crippen LogP contribution in [0.2, 0.25) is 0 Å². The first kappa shape index (κ1) is 36.3. The minimum atomic E-state index is -2.25. The number of esters is 2. The summed E-state index contributed by atoms with van der Waals surface area (Å²) in [6.07, 6.45) is -2.95. The molecule has 1 amide bonds. The molecule has 1 aliphatic carbocycles. The fraction of sp³-hybridized carbons (Fsp3) is 0.528. The third-order valence-electron chi connectivity index (χ3n) is 8.51. The molecule has 1 saturated carbocycles. The maximum absolute atomic E-state index is 13.6. The van der Waals surface area contributed by atoms with Crippen molar-refractivity contribution in [2.45, 2.75) is 95.1 Å². The summed E-state index contributed by atoms with van der Waals surface area (Å²) in [5.74, 6) is -3.66. The summed E-state index contributed by atoms with van der Waals surface area (Å²) in [5, 5.41) is 15.7. The molecule has 7 atom stereocenters. The highest BCUT2D eigenvalue weighted by Gasteiger charge is 2.72. The Morgan fingerprint density at radius 1 is 1.00 bits per heavy atom. The van der Waals surface area contributed by atoms with Crippen molar-refractivity contribution in [3.8, 4) is 0 Å². The van der Waals surface area contributed by atoms with E-state index in [4.69, 9.17) is 37.9 Å². The molecule has 13 nitrogen and oxygen atoms in total. The van der Waals surface area contributed by atoms with Gasteiger partial charge in [0.1, 0.15) is 36.7 Å². The molecule has 2 aliphatic heterocycles. The summed E-state index contributed by atoms with van der Waals surface area (Å²) in [6.45, 7) is 8.97. The molecule has 0 radical (unpaired) electrons. The van der Waals surface area contributed by atoms with Gasteiger partial charge in [0.15, 0.2) is 17.5 Å². The first-order valence-electron chi connectivity index (χ1n) is 16.1. The maximum Gasteiger partial charge on any atom is 0.408 e. The molecule has 0 aromatic heterocycles. The largest absolute Gasteiger partial charge is 0.492 e. The number of alkyl carbamates (subject to hydrolysis) is 1. The van der Waals surface area contributed by atoms with Crippen LogP contribution in [0.1, 0.15) is 57.5 Å². The summed E-state index contributed by atoms with van der Waals surface area (Å²) < 4.78 is 47.8. The lowest BCUT2D eigenvalue weighted by molar-refractivity contribution is -0.296. The normalized spacial score (nSPS) is 30.1. The molecule has 2 bridgehead atoms. The molecular weight excluding hydrogens is 638 g/mol. The quantitative estimate of drug-likeness (QED) is 0.152. The predicted octanol–water partition coefficient (Wildman–Crippen LogP) is 4.02. The van der Waals surface area contributed by atoms with E-state index in [9.17, 15) is 19.5 Å². The molecule has 2 aromatic carbocycles. The van der Waals surface area contributed by atoms with E-state index in [1.807, 2.05) is 30.3 Å². The van der Waals surface area contributed by atoms with Gasteiger partial charge in [-0.1, -0.05) is 48.5 Å². The number of rotatable bonds is 11. The van der Waals surface area contributed by atoms with Crippen molar-refractivity contribution in [3.63, 3.8) is 0 Å². The average Bonchev–Trinajstić information content (AvgIpc) is 3.39. The topological polar surface area (TPSA) is 157 Å². The molecule has 2 N–H and O–H groups in total. The van der Waals surface area contributed by atoms with Crippen molar-refractivity contribution in [1.82, 2.24) is 5.32 Å². The van der Waals surface area contributed by atoms with Gasteiger partial charge in [0.2, 0.25) is 0 Å². The Kier molecular flexibility index (Phi) is 10.7. The van der Waals surface area contributed by atoms with Crippen LogP contribution < -0.4 is 5.32 Å². The van der Waals surface area contributed by atoms with Crippen molar-refractivity contribution in [3.05, 3.63) is 84.1 Å². The number of carbonyl (C=O) groups excluding carboxylic acids is 3. The second-order valence-corrected chi connectivity index (χ2v) is 13.8. The van der Waals surface area contributed by atoms with E-state index in [-0.39, 0.29) is 25.6 Å². The first-order chi connectivity index (χ1) is 23.1. The summed E-state index contributed by atoms with van der Waals surface area (Å²) >= 11 is 0. The Morgan fingerprint density at radius 3 is 2.29 bits per heavy atom. The molecule has 5 unspecified atom stereocenters. The van der Waals surface area contributed by atoms with Gasteiger partial charge in [0, 0.05) is 6.92 Å². The van der Waals surface area contributed by atoms with Crippen LogP contribution in [0.3, 0.4) is 0 Å². The van der Waals surface area contributed by atoms with Gasteiger partial charge in [-0.2, -0.15) is 0 Å². The molecular formula is C36H45NO12. The van der Waals surface area contributed by atoms with Crippen molar-refractivity contribution < 1.29 is 57.4 Å². The predicted molar refractivity (Wildman–Crippen MR) is 173 cm³/mol. The van der Waals surface area contributed by atoms with Gasteiger partial charge in [0.25, 0.3) is 0 Å². The number of aliphatic hydroxyl groups is 1. The number of benzene rings is 2. The number of hydrogen-bond donors (Lipinski definition) is 2. The summed E-state index contributed by atoms with van der Waals surface area (Å²) in [4.78, 5) is 39.6. The molecule has 2 heterocycles. The van der Waals surface area contributed by atoms with Gasteiger partial charge in [-0.3, -0.25) is 4.79 Å². The molecule has 266 valence electrons. The van der Waals surface area contributed by atoms with Crippen LogP contribution in [0.25, 0.3) is 0 Å². The highest BCUT2D eigenvalue weighted by molar-refractivity contribution is 5.89. The van der Waals surface area contributed by atoms with E-state index in [1.165, 1.54) is 13.2 Å². The fourth-order valence-corrected chi connectivity index (χ4v) is 6.57. The van der Waals surface area contributed by atoms with E-state index in [2.05, 4.69) is 5.32 Å². The van der Waals surface area contributed by atoms with E-state index in [0.717, 1.165) is 5.56 Å². The number of nitrogens with one attached hydrogen (secondary N) is 1. The Labute approximate surface area is 285 Å². The van der Waals surface area contributed by atoms with Gasteiger partial charge >= 0.3 is 18.0 Å². The maximum atomic E-state index is 13.6. The van der Waals surface area contributed by atoms with Crippen LogP contribution in [0.5, 0.6) is 0 Å². The van der Waals surface area contributed by atoms with Crippen LogP contribution in [0.15, 0.2) is 73.0 Å². The smallest absolute Gasteiger partial charge is 0.408 e. The zero-order valence-electron chi connectivity index (χ0n) is 28.6. The Morgan fingerprint density at radius 2 is 1.67 bits per heavy atom. The summed E-state index contributed by atoms with van der Waals surface area (Å²) in [6, 6.07) is 17.7. The second-order valence-electron chi connectivity index (χ2n) is 13.8. The Hall–Kier alpha value is -4.01. The minimum absolute atomic E-state index is 0.0103. The van der Waals surface area contributed by atoms with E-state index in [1.54, 1.807) is 71.0 Å². The highest BCUT2D eigenvalue weighted by Crippen LogP contribution is 2.51. The number of fused-ring (bicyclic) bond motifs is 2. The van der Waals surface area contributed by atoms with Crippen LogP contribution in [0.4, 0.5) is 4.79 Å². The number of hydrogen-bond acceptors (Lipinski definition) is 12. The lowest BCUT2D eigenvalue weighted by Crippen LogP contribution is -2.82. The second kappa shape index (κ2) is 14.5. The fourth-order valence-electron chi connectivity index (χ4n) is 6.57. The van der Waals surface area contributed by atoms with Gasteiger partial charge < -0.3 is 48.3 Å². The molecule has 49 heavy (non-hydrogen) atoms. The zero-order chi connectivity index (χ0) is 35.5. The van der Waals surface area contributed by atoms with Gasteiger partial charge in [-0.05, 0) is 58.4 Å². The van der Waals surface area contributed by atoms with Crippen LogP contribution in [0, 0.1) is 5.92 Å². The van der Waals surface area contributed by atoms with Crippen molar-refractivity contribution in [2.24, 2.45) is 5.92 Å². The van der Waals surface area contributed by atoms with Crippen molar-refractivity contribution in [1.29, 1.82) is 0 Å². The van der Waals surface area contributed by atoms with E-state index < -0.39 is 77.5 Å². The van der Waals surface area contributed by atoms with Crippen molar-refractivity contribution >= 4 is 18.0 Å². The van der Waals surface area contributed by atoms with Crippen LogP contribution >= 0.6 is 0 Å². The van der Waals surface area contributed by atoms with Crippen LogP contribution in [-0.4, -0.2) is 90.1 Å². The minimum Gasteiger partial charge on any atom is -0.492 e. The number of ether oxygens (including phenoxy) is 8. The van der Waals surface area contributed by atoms with Gasteiger partial charge in [0.05, 0.1) is 37.1 Å². The average molecular weight is 684 g/mol.